The van der Waals surface area contributed by atoms with Gasteiger partial charge in [0.2, 0.25) is 5.91 Å². The zero-order chi connectivity index (χ0) is 33.0. The second-order valence-electron chi connectivity index (χ2n) is 14.8. The summed E-state index contributed by atoms with van der Waals surface area (Å²) in [6, 6.07) is -1.75. The maximum Gasteiger partial charge on any atom is 0.411 e. The summed E-state index contributed by atoms with van der Waals surface area (Å²) in [6.07, 6.45) is 0.0962. The van der Waals surface area contributed by atoms with Gasteiger partial charge in [-0.2, -0.15) is 0 Å². The van der Waals surface area contributed by atoms with E-state index in [4.69, 9.17) is 14.2 Å². The lowest BCUT2D eigenvalue weighted by atomic mass is 9.81. The number of carbonyl (C=O) groups excluding carboxylic acids is 2. The number of hydrogen-bond donors (Lipinski definition) is 4. The fourth-order valence-electron chi connectivity index (χ4n) is 6.61. The second-order valence-corrected chi connectivity index (χ2v) is 15.9. The number of likely N-dealkylation sites (tertiary alicyclic amines) is 1. The number of nitrogens with one attached hydrogen (secondary N) is 1. The van der Waals surface area contributed by atoms with Crippen molar-refractivity contribution in [1.82, 2.24) is 10.2 Å². The summed E-state index contributed by atoms with van der Waals surface area (Å²) in [4.78, 5) is 29.4. The van der Waals surface area contributed by atoms with E-state index in [1.165, 1.54) is 16.7 Å². The highest BCUT2D eigenvalue weighted by molar-refractivity contribution is 7.99. The van der Waals surface area contributed by atoms with Crippen LogP contribution < -0.4 is 5.32 Å². The van der Waals surface area contributed by atoms with E-state index in [0.717, 1.165) is 19.3 Å². The third-order valence-corrected chi connectivity index (χ3v) is 9.87. The standard InChI is InChI=1S/C33H56N2O8S/c1-10-14-44-30-26(38)24(36)25(37)28(42-30)22(17-33(8,9)11-2)34-29(39)23-27-21(16-20(12-13-41-27)15-19(3)4)18-35(23)31(40)43-32(5,6)7/h10-11,19-28,30,36-38H,1-2,12-18H2,3-9H3,(H,34,39)/t20-,21-,22+,23-,24-,25+,26+,27+,28+,30+/m0/s1. The molecule has 2 amide bonds. The van der Waals surface area contributed by atoms with Crippen molar-refractivity contribution in [2.45, 2.75) is 128 Å². The first kappa shape index (κ1) is 36.8. The lowest BCUT2D eigenvalue weighted by Crippen LogP contribution is -2.64. The first-order valence-electron chi connectivity index (χ1n) is 15.9. The van der Waals surface area contributed by atoms with Crippen molar-refractivity contribution in [2.75, 3.05) is 18.9 Å². The minimum absolute atomic E-state index is 0.0410. The summed E-state index contributed by atoms with van der Waals surface area (Å²) in [7, 11) is 0. The minimum atomic E-state index is -1.49. The number of aliphatic hydroxyl groups excluding tert-OH is 3. The largest absolute Gasteiger partial charge is 0.444 e. The number of amides is 2. The molecule has 0 aromatic rings. The second kappa shape index (κ2) is 15.3. The molecule has 0 aromatic heterocycles. The average Bonchev–Trinajstić information content (AvgIpc) is 3.16. The van der Waals surface area contributed by atoms with Gasteiger partial charge in [-0.25, -0.2) is 4.79 Å². The van der Waals surface area contributed by atoms with Crippen LogP contribution in [0.4, 0.5) is 4.79 Å². The molecule has 0 aliphatic carbocycles. The maximum absolute atomic E-state index is 14.4. The number of hydrogen-bond acceptors (Lipinski definition) is 9. The molecule has 3 aliphatic heterocycles. The van der Waals surface area contributed by atoms with Gasteiger partial charge in [0, 0.05) is 24.8 Å². The van der Waals surface area contributed by atoms with Gasteiger partial charge in [-0.1, -0.05) is 39.8 Å². The monoisotopic (exact) mass is 640 g/mol. The molecule has 10 nitrogen and oxygen atoms in total. The van der Waals surface area contributed by atoms with Crippen molar-refractivity contribution in [1.29, 1.82) is 0 Å². The van der Waals surface area contributed by atoms with Crippen molar-refractivity contribution in [3.05, 3.63) is 25.3 Å². The Bertz CT molecular complexity index is 1000. The summed E-state index contributed by atoms with van der Waals surface area (Å²) in [5.41, 5.74) is -2.09. The molecule has 4 N–H and O–H groups in total. The number of rotatable bonds is 11. The molecule has 0 aromatic carbocycles. The summed E-state index contributed by atoms with van der Waals surface area (Å²) in [5.74, 6) is 0.926. The molecular formula is C33H56N2O8S. The molecule has 10 atom stereocenters. The predicted octanol–water partition coefficient (Wildman–Crippen LogP) is 3.88. The van der Waals surface area contributed by atoms with Crippen LogP contribution in [0.2, 0.25) is 0 Å². The topological polar surface area (TPSA) is 138 Å². The van der Waals surface area contributed by atoms with Gasteiger partial charge in [0.25, 0.3) is 0 Å². The van der Waals surface area contributed by atoms with E-state index in [9.17, 15) is 24.9 Å². The van der Waals surface area contributed by atoms with Crippen molar-refractivity contribution in [3.63, 3.8) is 0 Å². The molecule has 3 heterocycles. The van der Waals surface area contributed by atoms with Crippen molar-refractivity contribution < 1.29 is 39.1 Å². The quantitative estimate of drug-likeness (QED) is 0.248. The van der Waals surface area contributed by atoms with E-state index in [-0.39, 0.29) is 5.92 Å². The van der Waals surface area contributed by atoms with Gasteiger partial charge < -0.3 is 34.8 Å². The minimum Gasteiger partial charge on any atom is -0.444 e. The molecule has 3 aliphatic rings. The SMILES string of the molecule is C=CCS[C@H]1O[C@H]([C@@H](CC(C)(C)C=C)NC(=O)[C@@H]2[C@@H]3OCC[C@@H](CC(C)C)C[C@H]3CN2C(=O)OC(C)(C)C)[C@H](O)[C@H](O)[C@H]1O. The summed E-state index contributed by atoms with van der Waals surface area (Å²) in [6.45, 7) is 22.1. The van der Waals surface area contributed by atoms with Crippen molar-refractivity contribution in [2.24, 2.45) is 23.2 Å². The Labute approximate surface area is 267 Å². The highest BCUT2D eigenvalue weighted by Gasteiger charge is 2.53. The molecule has 0 unspecified atom stereocenters. The third-order valence-electron chi connectivity index (χ3n) is 8.72. The Hall–Kier alpha value is -1.63. The third kappa shape index (κ3) is 9.45. The fraction of sp³-hybridized carbons (Fsp3) is 0.818. The van der Waals surface area contributed by atoms with Crippen LogP contribution in [0.3, 0.4) is 0 Å². The number of thioether (sulfide) groups is 1. The van der Waals surface area contributed by atoms with Crippen LogP contribution in [0, 0.1) is 23.2 Å². The van der Waals surface area contributed by atoms with Gasteiger partial charge >= 0.3 is 6.09 Å². The van der Waals surface area contributed by atoms with E-state index in [2.05, 4.69) is 32.3 Å². The van der Waals surface area contributed by atoms with Crippen LogP contribution in [0.15, 0.2) is 25.3 Å². The number of allylic oxidation sites excluding steroid dienone is 1. The normalized spacial score (nSPS) is 33.7. The molecule has 3 saturated heterocycles. The number of aliphatic hydroxyl groups is 3. The van der Waals surface area contributed by atoms with Gasteiger partial charge in [-0.05, 0) is 63.7 Å². The summed E-state index contributed by atoms with van der Waals surface area (Å²) < 4.78 is 18.3. The molecule has 3 fully saturated rings. The van der Waals surface area contributed by atoms with E-state index in [1.54, 1.807) is 32.9 Å². The van der Waals surface area contributed by atoms with Crippen LogP contribution >= 0.6 is 11.8 Å². The highest BCUT2D eigenvalue weighted by Crippen LogP contribution is 2.39. The van der Waals surface area contributed by atoms with Gasteiger partial charge in [0.1, 0.15) is 41.5 Å². The van der Waals surface area contributed by atoms with Crippen LogP contribution in [-0.2, 0) is 19.0 Å². The molecule has 252 valence electrons. The first-order chi connectivity index (χ1) is 20.5. The molecule has 11 heteroatoms. The Morgan fingerprint density at radius 2 is 1.80 bits per heavy atom. The number of fused-ring (bicyclic) bond motifs is 1. The molecular weight excluding hydrogens is 584 g/mol. The van der Waals surface area contributed by atoms with Crippen LogP contribution in [0.5, 0.6) is 0 Å². The lowest BCUT2D eigenvalue weighted by molar-refractivity contribution is -0.206. The van der Waals surface area contributed by atoms with Crippen LogP contribution in [0.1, 0.15) is 74.1 Å². The van der Waals surface area contributed by atoms with E-state index < -0.39 is 71.1 Å². The molecule has 3 rings (SSSR count). The van der Waals surface area contributed by atoms with Crippen LogP contribution in [0.25, 0.3) is 0 Å². The Balaban J connectivity index is 1.95. The van der Waals surface area contributed by atoms with Gasteiger partial charge in [-0.15, -0.1) is 24.9 Å². The molecule has 44 heavy (non-hydrogen) atoms. The van der Waals surface area contributed by atoms with Gasteiger partial charge in [0.15, 0.2) is 0 Å². The highest BCUT2D eigenvalue weighted by atomic mass is 32.2. The molecule has 0 radical (unpaired) electrons. The Morgan fingerprint density at radius 1 is 1.11 bits per heavy atom. The van der Waals surface area contributed by atoms with Crippen molar-refractivity contribution in [3.8, 4) is 0 Å². The van der Waals surface area contributed by atoms with Gasteiger partial charge in [0.05, 0.1) is 12.1 Å². The lowest BCUT2D eigenvalue weighted by Gasteiger charge is -2.45. The summed E-state index contributed by atoms with van der Waals surface area (Å²) in [5, 5.41) is 35.6. The average molecular weight is 641 g/mol. The predicted molar refractivity (Wildman–Crippen MR) is 172 cm³/mol. The first-order valence-corrected chi connectivity index (χ1v) is 17.0. The zero-order valence-corrected chi connectivity index (χ0v) is 28.4. The fourth-order valence-corrected chi connectivity index (χ4v) is 7.50. The number of carbonyl (C=O) groups is 2. The molecule has 0 spiro atoms. The maximum atomic E-state index is 14.4. The molecule has 0 saturated carbocycles. The van der Waals surface area contributed by atoms with Crippen molar-refractivity contribution >= 4 is 23.8 Å². The molecule has 0 bridgehead atoms. The van der Waals surface area contributed by atoms with E-state index in [0.29, 0.717) is 37.2 Å². The zero-order valence-electron chi connectivity index (χ0n) is 27.6. The summed E-state index contributed by atoms with van der Waals surface area (Å²) >= 11 is 1.25. The van der Waals surface area contributed by atoms with Gasteiger partial charge in [-0.3, -0.25) is 9.69 Å². The van der Waals surface area contributed by atoms with E-state index in [1.807, 2.05) is 13.8 Å². The van der Waals surface area contributed by atoms with Crippen LogP contribution in [-0.4, -0.2) is 105 Å². The van der Waals surface area contributed by atoms with E-state index >= 15 is 0 Å². The number of ether oxygens (including phenoxy) is 3. The smallest absolute Gasteiger partial charge is 0.411 e. The Morgan fingerprint density at radius 3 is 2.39 bits per heavy atom. The number of nitrogens with zero attached hydrogens (tertiary/aromatic N) is 1. The Kier molecular flexibility index (Phi) is 12.8.